The molecule has 1 heterocycles. The van der Waals surface area contributed by atoms with Crippen LogP contribution in [0.5, 0.6) is 11.5 Å². The third-order valence-corrected chi connectivity index (χ3v) is 2.94. The summed E-state index contributed by atoms with van der Waals surface area (Å²) >= 11 is 0. The number of amides is 1. The predicted octanol–water partition coefficient (Wildman–Crippen LogP) is 1.78. The number of benzene rings is 1. The van der Waals surface area contributed by atoms with E-state index in [1.165, 1.54) is 19.1 Å². The molecular formula is C13H17NO3. The molecule has 0 saturated heterocycles. The minimum absolute atomic E-state index is 0.309. The summed E-state index contributed by atoms with van der Waals surface area (Å²) in [4.78, 5) is 12.3. The number of ether oxygens (including phenoxy) is 2. The van der Waals surface area contributed by atoms with Crippen molar-refractivity contribution in [3.05, 3.63) is 23.3 Å². The summed E-state index contributed by atoms with van der Waals surface area (Å²) in [6.07, 6.45) is 1.09. The lowest BCUT2D eigenvalue weighted by Gasteiger charge is -2.32. The van der Waals surface area contributed by atoms with E-state index in [9.17, 15) is 4.79 Å². The van der Waals surface area contributed by atoms with Crippen molar-refractivity contribution in [1.29, 1.82) is 0 Å². The number of nitrogens with zero attached hydrogens (tertiary/aromatic N) is 1. The molecule has 1 aliphatic heterocycles. The number of carbonyl (C=O) groups excluding carboxylic acids is 1. The fourth-order valence-corrected chi connectivity index (χ4v) is 1.99. The minimum atomic E-state index is -1.73. The van der Waals surface area contributed by atoms with E-state index in [0.717, 1.165) is 5.56 Å². The summed E-state index contributed by atoms with van der Waals surface area (Å²) < 4.78 is 34.2. The highest BCUT2D eigenvalue weighted by atomic mass is 16.5. The summed E-state index contributed by atoms with van der Waals surface area (Å²) in [5, 5.41) is 0. The highest BCUT2D eigenvalue weighted by Gasteiger charge is 2.24. The van der Waals surface area contributed by atoms with Gasteiger partial charge in [-0.05, 0) is 36.6 Å². The molecule has 0 unspecified atom stereocenters. The molecule has 0 spiro atoms. The molecule has 1 aliphatic rings. The number of carbonyl (C=O) groups is 1. The Hall–Kier alpha value is -1.71. The quantitative estimate of drug-likeness (QED) is 0.753. The van der Waals surface area contributed by atoms with Crippen molar-refractivity contribution in [2.24, 2.45) is 0 Å². The molecule has 2 rings (SSSR count). The largest absolute Gasteiger partial charge is 0.493 e. The molecule has 0 N–H and O–H groups in total. The molecule has 0 saturated carbocycles. The van der Waals surface area contributed by atoms with Gasteiger partial charge in [-0.25, -0.2) is 0 Å². The molecule has 1 aromatic rings. The first kappa shape index (κ1) is 8.39. The Morgan fingerprint density at radius 3 is 2.76 bits per heavy atom. The molecule has 1 amide bonds. The van der Waals surface area contributed by atoms with Gasteiger partial charge in [-0.3, -0.25) is 4.79 Å². The molecule has 4 heteroatoms. The zero-order chi connectivity index (χ0) is 14.9. The Kier molecular flexibility index (Phi) is 2.30. The summed E-state index contributed by atoms with van der Waals surface area (Å²) in [7, 11) is 3.01. The Morgan fingerprint density at radius 1 is 1.47 bits per heavy atom. The summed E-state index contributed by atoms with van der Waals surface area (Å²) in [6.45, 7) is -1.21. The van der Waals surface area contributed by atoms with Crippen LogP contribution >= 0.6 is 0 Å². The SMILES string of the molecule is [2H]C([2H])[C@@]1([2H])c2cc(OC)c(OC)cc2CCN1C=O. The fraction of sp³-hybridized carbons (Fsp3) is 0.462. The predicted molar refractivity (Wildman–Crippen MR) is 64.4 cm³/mol. The highest BCUT2D eigenvalue weighted by Crippen LogP contribution is 2.37. The van der Waals surface area contributed by atoms with Gasteiger partial charge < -0.3 is 14.4 Å². The third-order valence-electron chi connectivity index (χ3n) is 2.94. The fourth-order valence-electron chi connectivity index (χ4n) is 1.99. The molecule has 92 valence electrons. The topological polar surface area (TPSA) is 38.8 Å². The second-order valence-electron chi connectivity index (χ2n) is 3.80. The Morgan fingerprint density at radius 2 is 2.18 bits per heavy atom. The molecule has 0 bridgehead atoms. The molecule has 17 heavy (non-hydrogen) atoms. The van der Waals surface area contributed by atoms with Gasteiger partial charge in [-0.15, -0.1) is 0 Å². The van der Waals surface area contributed by atoms with Crippen molar-refractivity contribution in [1.82, 2.24) is 4.90 Å². The van der Waals surface area contributed by atoms with Crippen LogP contribution in [0.15, 0.2) is 12.1 Å². The summed E-state index contributed by atoms with van der Waals surface area (Å²) in [6, 6.07) is 1.61. The molecule has 0 aromatic heterocycles. The van der Waals surface area contributed by atoms with Crippen molar-refractivity contribution in [2.75, 3.05) is 20.8 Å². The first-order valence-electron chi connectivity index (χ1n) is 6.96. The standard InChI is InChI=1S/C13H17NO3/c1-9-11-7-13(17-3)12(16-2)6-10(11)4-5-14(9)8-15/h6-9H,4-5H2,1-3H3/t9-/m0/s1/i1D2,9D. The van der Waals surface area contributed by atoms with E-state index in [4.69, 9.17) is 13.6 Å². The molecular weight excluding hydrogens is 218 g/mol. The van der Waals surface area contributed by atoms with Gasteiger partial charge in [0, 0.05) is 9.29 Å². The van der Waals surface area contributed by atoms with Gasteiger partial charge in [-0.1, -0.05) is 0 Å². The van der Waals surface area contributed by atoms with Crippen LogP contribution in [0.2, 0.25) is 0 Å². The van der Waals surface area contributed by atoms with Crippen LogP contribution in [0, 0.1) is 0 Å². The van der Waals surface area contributed by atoms with E-state index < -0.39 is 12.9 Å². The Balaban J connectivity index is 2.64. The van der Waals surface area contributed by atoms with Gasteiger partial charge >= 0.3 is 0 Å². The van der Waals surface area contributed by atoms with E-state index in [0.29, 0.717) is 36.4 Å². The van der Waals surface area contributed by atoms with Gasteiger partial charge in [0.25, 0.3) is 0 Å². The minimum Gasteiger partial charge on any atom is -0.493 e. The summed E-state index contributed by atoms with van der Waals surface area (Å²) in [5.41, 5.74) is 1.25. The van der Waals surface area contributed by atoms with Crippen LogP contribution in [-0.4, -0.2) is 32.1 Å². The lowest BCUT2D eigenvalue weighted by atomic mass is 9.93. The van der Waals surface area contributed by atoms with Crippen LogP contribution in [0.4, 0.5) is 0 Å². The van der Waals surface area contributed by atoms with Crippen LogP contribution in [0.3, 0.4) is 0 Å². The van der Waals surface area contributed by atoms with E-state index >= 15 is 0 Å². The van der Waals surface area contributed by atoms with E-state index in [1.54, 1.807) is 12.1 Å². The zero-order valence-corrected chi connectivity index (χ0v) is 9.90. The normalized spacial score (nSPS) is 25.6. The molecule has 4 nitrogen and oxygen atoms in total. The van der Waals surface area contributed by atoms with Crippen molar-refractivity contribution < 1.29 is 18.4 Å². The monoisotopic (exact) mass is 238 g/mol. The number of hydrogen-bond donors (Lipinski definition) is 0. The maximum absolute atomic E-state index is 11.2. The van der Waals surface area contributed by atoms with Gasteiger partial charge in [0.15, 0.2) is 11.5 Å². The zero-order valence-electron chi connectivity index (χ0n) is 12.9. The molecule has 0 radical (unpaired) electrons. The first-order valence-corrected chi connectivity index (χ1v) is 5.31. The first-order chi connectivity index (χ1) is 9.48. The van der Waals surface area contributed by atoms with E-state index in [1.807, 2.05) is 0 Å². The van der Waals surface area contributed by atoms with Gasteiger partial charge in [0.05, 0.1) is 21.6 Å². The second kappa shape index (κ2) is 4.65. The van der Waals surface area contributed by atoms with Crippen molar-refractivity contribution in [3.8, 4) is 11.5 Å². The van der Waals surface area contributed by atoms with Crippen LogP contribution in [0.1, 0.15) is 28.1 Å². The maximum Gasteiger partial charge on any atom is 0.210 e. The van der Waals surface area contributed by atoms with Crippen molar-refractivity contribution in [2.45, 2.75) is 19.3 Å². The average molecular weight is 238 g/mol. The third kappa shape index (κ3) is 1.95. The lowest BCUT2D eigenvalue weighted by Crippen LogP contribution is -2.32. The number of hydrogen-bond acceptors (Lipinski definition) is 3. The number of rotatable bonds is 3. The highest BCUT2D eigenvalue weighted by molar-refractivity contribution is 5.54. The molecule has 0 fully saturated rings. The van der Waals surface area contributed by atoms with Gasteiger partial charge in [0.1, 0.15) is 0 Å². The molecule has 0 aliphatic carbocycles. The average Bonchev–Trinajstić information content (AvgIpc) is 2.46. The summed E-state index contributed by atoms with van der Waals surface area (Å²) in [5.74, 6) is 0.968. The molecule has 1 aromatic carbocycles. The van der Waals surface area contributed by atoms with E-state index in [2.05, 4.69) is 0 Å². The lowest BCUT2D eigenvalue weighted by molar-refractivity contribution is -0.120. The maximum atomic E-state index is 11.2. The van der Waals surface area contributed by atoms with Gasteiger partial charge in [-0.2, -0.15) is 0 Å². The van der Waals surface area contributed by atoms with Crippen molar-refractivity contribution in [3.63, 3.8) is 0 Å². The van der Waals surface area contributed by atoms with E-state index in [-0.39, 0.29) is 0 Å². The second-order valence-corrected chi connectivity index (χ2v) is 3.80. The van der Waals surface area contributed by atoms with Crippen LogP contribution < -0.4 is 9.47 Å². The van der Waals surface area contributed by atoms with Crippen molar-refractivity contribution >= 4 is 6.41 Å². The number of fused-ring (bicyclic) bond motifs is 1. The number of methoxy groups -OCH3 is 2. The Labute approximate surface area is 105 Å². The van der Waals surface area contributed by atoms with Crippen LogP contribution in [0.25, 0.3) is 0 Å². The Bertz CT molecular complexity index is 524. The van der Waals surface area contributed by atoms with Gasteiger partial charge in [0.2, 0.25) is 6.41 Å². The smallest absolute Gasteiger partial charge is 0.210 e. The van der Waals surface area contributed by atoms with Crippen LogP contribution in [-0.2, 0) is 11.2 Å². The molecule has 1 atom stereocenters.